The van der Waals surface area contributed by atoms with Crippen molar-refractivity contribution < 1.29 is 9.18 Å². The van der Waals surface area contributed by atoms with Crippen LogP contribution in [0.15, 0.2) is 22.7 Å². The van der Waals surface area contributed by atoms with E-state index in [2.05, 4.69) is 21.2 Å². The smallest absolute Gasteiger partial charge is 0.255 e. The lowest BCUT2D eigenvalue weighted by Crippen LogP contribution is -2.39. The fourth-order valence-corrected chi connectivity index (χ4v) is 2.05. The van der Waals surface area contributed by atoms with Gasteiger partial charge in [0.1, 0.15) is 5.82 Å². The predicted octanol–water partition coefficient (Wildman–Crippen LogP) is 2.87. The second kappa shape index (κ2) is 4.31. The topological polar surface area (TPSA) is 29.1 Å². The van der Waals surface area contributed by atoms with Gasteiger partial charge in [-0.15, -0.1) is 0 Å². The SMILES string of the molecule is O=C(NC1CCC1)c1c(F)cccc1Br. The molecule has 0 spiro atoms. The van der Waals surface area contributed by atoms with E-state index in [4.69, 9.17) is 0 Å². The summed E-state index contributed by atoms with van der Waals surface area (Å²) in [7, 11) is 0. The third kappa shape index (κ3) is 2.20. The van der Waals surface area contributed by atoms with Crippen LogP contribution in [0.4, 0.5) is 4.39 Å². The Kier molecular flexibility index (Phi) is 3.05. The number of carbonyl (C=O) groups excluding carboxylic acids is 1. The molecule has 0 saturated heterocycles. The molecular weight excluding hydrogens is 261 g/mol. The molecule has 0 aromatic heterocycles. The minimum atomic E-state index is -0.485. The summed E-state index contributed by atoms with van der Waals surface area (Å²) in [5.74, 6) is -0.814. The van der Waals surface area contributed by atoms with Gasteiger partial charge in [0.2, 0.25) is 0 Å². The third-order valence-corrected chi connectivity index (χ3v) is 3.29. The Morgan fingerprint density at radius 3 is 2.73 bits per heavy atom. The summed E-state index contributed by atoms with van der Waals surface area (Å²) in [6.45, 7) is 0. The van der Waals surface area contributed by atoms with Crippen LogP contribution in [0, 0.1) is 5.82 Å². The normalized spacial score (nSPS) is 15.9. The molecule has 1 aliphatic rings. The first-order valence-electron chi connectivity index (χ1n) is 4.93. The van der Waals surface area contributed by atoms with Crippen molar-refractivity contribution in [3.8, 4) is 0 Å². The van der Waals surface area contributed by atoms with Crippen molar-refractivity contribution in [3.05, 3.63) is 34.1 Å². The highest BCUT2D eigenvalue weighted by Crippen LogP contribution is 2.22. The molecule has 0 aliphatic heterocycles. The van der Waals surface area contributed by atoms with E-state index in [1.165, 1.54) is 6.07 Å². The van der Waals surface area contributed by atoms with E-state index in [9.17, 15) is 9.18 Å². The molecule has 15 heavy (non-hydrogen) atoms. The Balaban J connectivity index is 2.16. The fourth-order valence-electron chi connectivity index (χ4n) is 1.52. The van der Waals surface area contributed by atoms with Gasteiger partial charge in [-0.3, -0.25) is 4.79 Å². The minimum absolute atomic E-state index is 0.101. The average molecular weight is 272 g/mol. The summed E-state index contributed by atoms with van der Waals surface area (Å²) in [4.78, 5) is 11.7. The van der Waals surface area contributed by atoms with Gasteiger partial charge in [0.25, 0.3) is 5.91 Å². The second-order valence-corrected chi connectivity index (χ2v) is 4.55. The van der Waals surface area contributed by atoms with Gasteiger partial charge in [0.05, 0.1) is 5.56 Å². The Morgan fingerprint density at radius 1 is 1.47 bits per heavy atom. The van der Waals surface area contributed by atoms with E-state index in [0.717, 1.165) is 19.3 Å². The zero-order chi connectivity index (χ0) is 10.8. The number of hydrogen-bond donors (Lipinski definition) is 1. The quantitative estimate of drug-likeness (QED) is 0.881. The first-order valence-corrected chi connectivity index (χ1v) is 5.72. The molecule has 0 bridgehead atoms. The summed E-state index contributed by atoms with van der Waals surface area (Å²) in [5, 5.41) is 2.81. The average Bonchev–Trinajstić information content (AvgIpc) is 2.11. The Bertz CT molecular complexity index is 370. The van der Waals surface area contributed by atoms with Crippen LogP contribution in [-0.4, -0.2) is 11.9 Å². The van der Waals surface area contributed by atoms with Crippen LogP contribution in [-0.2, 0) is 0 Å². The summed E-state index contributed by atoms with van der Waals surface area (Å²) in [6, 6.07) is 4.75. The summed E-state index contributed by atoms with van der Waals surface area (Å²) >= 11 is 3.18. The largest absolute Gasteiger partial charge is 0.349 e. The van der Waals surface area contributed by atoms with Gasteiger partial charge in [0, 0.05) is 10.5 Å². The maximum absolute atomic E-state index is 13.4. The van der Waals surface area contributed by atoms with Gasteiger partial charge in [0.15, 0.2) is 0 Å². The first kappa shape index (κ1) is 10.6. The molecule has 1 saturated carbocycles. The number of hydrogen-bond acceptors (Lipinski definition) is 1. The predicted molar refractivity (Wildman–Crippen MR) is 59.2 cm³/mol. The monoisotopic (exact) mass is 271 g/mol. The molecule has 0 atom stereocenters. The van der Waals surface area contributed by atoms with E-state index in [1.807, 2.05) is 0 Å². The van der Waals surface area contributed by atoms with Crippen molar-refractivity contribution in [2.75, 3.05) is 0 Å². The zero-order valence-corrected chi connectivity index (χ0v) is 9.68. The summed E-state index contributed by atoms with van der Waals surface area (Å²) in [6.07, 6.45) is 3.14. The molecule has 0 radical (unpaired) electrons. The van der Waals surface area contributed by atoms with Crippen LogP contribution in [0.5, 0.6) is 0 Å². The number of carbonyl (C=O) groups is 1. The van der Waals surface area contributed by atoms with E-state index in [1.54, 1.807) is 12.1 Å². The lowest BCUT2D eigenvalue weighted by molar-refractivity contribution is 0.0912. The molecule has 1 fully saturated rings. The van der Waals surface area contributed by atoms with Crippen molar-refractivity contribution in [3.63, 3.8) is 0 Å². The van der Waals surface area contributed by atoms with Gasteiger partial charge >= 0.3 is 0 Å². The molecular formula is C11H11BrFNO. The van der Waals surface area contributed by atoms with Crippen LogP contribution in [0.3, 0.4) is 0 Å². The number of benzene rings is 1. The van der Waals surface area contributed by atoms with E-state index < -0.39 is 5.82 Å². The van der Waals surface area contributed by atoms with Crippen LogP contribution >= 0.6 is 15.9 Å². The number of nitrogens with one attached hydrogen (secondary N) is 1. The Labute approximate surface area is 96.0 Å². The summed E-state index contributed by atoms with van der Waals surface area (Å²) in [5.41, 5.74) is 0.101. The van der Waals surface area contributed by atoms with E-state index >= 15 is 0 Å². The molecule has 2 rings (SSSR count). The Hall–Kier alpha value is -0.900. The highest BCUT2D eigenvalue weighted by Gasteiger charge is 2.22. The number of rotatable bonds is 2. The fraction of sp³-hybridized carbons (Fsp3) is 0.364. The molecule has 1 aromatic rings. The van der Waals surface area contributed by atoms with Gasteiger partial charge in [-0.05, 0) is 47.3 Å². The molecule has 2 nitrogen and oxygen atoms in total. The van der Waals surface area contributed by atoms with Gasteiger partial charge in [-0.2, -0.15) is 0 Å². The number of amides is 1. The molecule has 0 unspecified atom stereocenters. The standard InChI is InChI=1S/C11H11BrFNO/c12-8-5-2-6-9(13)10(8)11(15)14-7-3-1-4-7/h2,5-7H,1,3-4H2,(H,14,15). The zero-order valence-electron chi connectivity index (χ0n) is 8.09. The number of halogens is 2. The Morgan fingerprint density at radius 2 is 2.20 bits per heavy atom. The highest BCUT2D eigenvalue weighted by molar-refractivity contribution is 9.10. The molecule has 4 heteroatoms. The third-order valence-electron chi connectivity index (χ3n) is 2.63. The van der Waals surface area contributed by atoms with E-state index in [0.29, 0.717) is 4.47 Å². The lowest BCUT2D eigenvalue weighted by Gasteiger charge is -2.26. The molecule has 1 aliphatic carbocycles. The van der Waals surface area contributed by atoms with Crippen LogP contribution < -0.4 is 5.32 Å². The van der Waals surface area contributed by atoms with Crippen molar-refractivity contribution in [1.29, 1.82) is 0 Å². The summed E-state index contributed by atoms with van der Waals surface area (Å²) < 4.78 is 13.9. The van der Waals surface area contributed by atoms with Crippen molar-refractivity contribution in [1.82, 2.24) is 5.32 Å². The van der Waals surface area contributed by atoms with Gasteiger partial charge in [-0.1, -0.05) is 6.07 Å². The van der Waals surface area contributed by atoms with Crippen molar-refractivity contribution in [2.45, 2.75) is 25.3 Å². The van der Waals surface area contributed by atoms with E-state index in [-0.39, 0.29) is 17.5 Å². The van der Waals surface area contributed by atoms with Crippen molar-refractivity contribution >= 4 is 21.8 Å². The second-order valence-electron chi connectivity index (χ2n) is 3.70. The van der Waals surface area contributed by atoms with Crippen LogP contribution in [0.2, 0.25) is 0 Å². The van der Waals surface area contributed by atoms with Crippen LogP contribution in [0.25, 0.3) is 0 Å². The minimum Gasteiger partial charge on any atom is -0.349 e. The molecule has 80 valence electrons. The maximum atomic E-state index is 13.4. The van der Waals surface area contributed by atoms with Gasteiger partial charge < -0.3 is 5.32 Å². The molecule has 1 amide bonds. The lowest BCUT2D eigenvalue weighted by atomic mass is 9.93. The molecule has 1 N–H and O–H groups in total. The maximum Gasteiger partial charge on any atom is 0.255 e. The molecule has 1 aromatic carbocycles. The van der Waals surface area contributed by atoms with Crippen molar-refractivity contribution in [2.24, 2.45) is 0 Å². The highest BCUT2D eigenvalue weighted by atomic mass is 79.9. The first-order chi connectivity index (χ1) is 7.18. The van der Waals surface area contributed by atoms with Gasteiger partial charge in [-0.25, -0.2) is 4.39 Å². The van der Waals surface area contributed by atoms with Crippen LogP contribution in [0.1, 0.15) is 29.6 Å². The molecule has 0 heterocycles.